The van der Waals surface area contributed by atoms with Crippen molar-refractivity contribution < 1.29 is 23.7 Å². The van der Waals surface area contributed by atoms with Crippen molar-refractivity contribution >= 4 is 12.0 Å². The maximum absolute atomic E-state index is 12.2. The minimum Gasteiger partial charge on any atom is -0.493 e. The van der Waals surface area contributed by atoms with E-state index >= 15 is 0 Å². The van der Waals surface area contributed by atoms with E-state index in [0.717, 1.165) is 18.4 Å². The van der Waals surface area contributed by atoms with Crippen LogP contribution in [0.4, 0.5) is 0 Å². The Morgan fingerprint density at radius 1 is 1.04 bits per heavy atom. The van der Waals surface area contributed by atoms with Crippen LogP contribution in [0.5, 0.6) is 17.2 Å². The smallest absolute Gasteiger partial charge is 0.331 e. The van der Waals surface area contributed by atoms with Crippen molar-refractivity contribution in [2.45, 2.75) is 43.9 Å². The van der Waals surface area contributed by atoms with Gasteiger partial charge >= 0.3 is 5.97 Å². The summed E-state index contributed by atoms with van der Waals surface area (Å²) >= 11 is 0. The quantitative estimate of drug-likeness (QED) is 0.574. The Hall–Kier alpha value is -2.21. The average Bonchev–Trinajstić information content (AvgIpc) is 2.85. The number of esters is 1. The third kappa shape index (κ3) is 3.80. The highest BCUT2D eigenvalue weighted by atomic mass is 16.5. The van der Waals surface area contributed by atoms with Crippen molar-refractivity contribution in [2.24, 2.45) is 0 Å². The number of ether oxygens (including phenoxy) is 4. The van der Waals surface area contributed by atoms with E-state index in [-0.39, 0.29) is 12.1 Å². The zero-order valence-electron chi connectivity index (χ0n) is 15.9. The van der Waals surface area contributed by atoms with Crippen molar-refractivity contribution in [3.05, 3.63) is 23.8 Å². The fourth-order valence-electron chi connectivity index (χ4n) is 4.02. The lowest BCUT2D eigenvalue weighted by Gasteiger charge is -2.35. The first-order chi connectivity index (χ1) is 12.5. The standard InChI is InChI=1S/C20H27NO5/c1-21-14-6-7-15(21)12-16(11-14)26-19(22)8-5-13-9-17(23-2)20(25-4)18(10-13)24-3/h5,8-10,14-16H,6-7,11-12H2,1-4H3. The molecule has 2 atom stereocenters. The molecule has 142 valence electrons. The van der Waals surface area contributed by atoms with Gasteiger partial charge in [0.25, 0.3) is 0 Å². The van der Waals surface area contributed by atoms with Crippen LogP contribution in [-0.4, -0.2) is 57.4 Å². The van der Waals surface area contributed by atoms with Crippen molar-refractivity contribution in [3.63, 3.8) is 0 Å². The minimum atomic E-state index is -0.312. The van der Waals surface area contributed by atoms with Crippen LogP contribution in [0.2, 0.25) is 0 Å². The molecule has 2 bridgehead atoms. The summed E-state index contributed by atoms with van der Waals surface area (Å²) in [5.41, 5.74) is 0.778. The number of carbonyl (C=O) groups is 1. The second kappa shape index (κ2) is 7.99. The van der Waals surface area contributed by atoms with Crippen LogP contribution < -0.4 is 14.2 Å². The van der Waals surface area contributed by atoms with Gasteiger partial charge in [0.05, 0.1) is 21.3 Å². The molecule has 2 unspecified atom stereocenters. The molecule has 6 nitrogen and oxygen atoms in total. The Morgan fingerprint density at radius 2 is 1.62 bits per heavy atom. The van der Waals surface area contributed by atoms with Crippen LogP contribution in [0.1, 0.15) is 31.2 Å². The molecule has 1 aromatic carbocycles. The van der Waals surface area contributed by atoms with Crippen LogP contribution in [0.15, 0.2) is 18.2 Å². The molecule has 6 heteroatoms. The molecular formula is C20H27NO5. The lowest BCUT2D eigenvalue weighted by atomic mass is 10.0. The molecule has 2 saturated heterocycles. The van der Waals surface area contributed by atoms with Gasteiger partial charge in [-0.3, -0.25) is 0 Å². The highest BCUT2D eigenvalue weighted by Gasteiger charge is 2.39. The minimum absolute atomic E-state index is 0.0146. The first-order valence-electron chi connectivity index (χ1n) is 8.96. The summed E-state index contributed by atoms with van der Waals surface area (Å²) in [6.07, 6.45) is 7.44. The van der Waals surface area contributed by atoms with Gasteiger partial charge in [-0.15, -0.1) is 0 Å². The summed E-state index contributed by atoms with van der Waals surface area (Å²) in [5, 5.41) is 0. The van der Waals surface area contributed by atoms with E-state index in [0.29, 0.717) is 29.3 Å². The van der Waals surface area contributed by atoms with Gasteiger partial charge in [0.2, 0.25) is 5.75 Å². The second-order valence-electron chi connectivity index (χ2n) is 6.87. The zero-order chi connectivity index (χ0) is 18.7. The van der Waals surface area contributed by atoms with E-state index in [1.165, 1.54) is 18.9 Å². The molecule has 0 saturated carbocycles. The lowest BCUT2D eigenvalue weighted by molar-refractivity contribution is -0.146. The molecule has 0 amide bonds. The van der Waals surface area contributed by atoms with Crippen LogP contribution in [-0.2, 0) is 9.53 Å². The summed E-state index contributed by atoms with van der Waals surface area (Å²) in [5.74, 6) is 1.31. The van der Waals surface area contributed by atoms with Crippen molar-refractivity contribution in [3.8, 4) is 17.2 Å². The summed E-state index contributed by atoms with van der Waals surface area (Å²) in [6.45, 7) is 0. The molecule has 1 aromatic rings. The molecular weight excluding hydrogens is 334 g/mol. The molecule has 0 spiro atoms. The monoisotopic (exact) mass is 361 g/mol. The number of rotatable bonds is 6. The molecule has 26 heavy (non-hydrogen) atoms. The maximum Gasteiger partial charge on any atom is 0.331 e. The molecule has 0 aromatic heterocycles. The van der Waals surface area contributed by atoms with Gasteiger partial charge in [0, 0.05) is 31.0 Å². The summed E-state index contributed by atoms with van der Waals surface area (Å²) in [6, 6.07) is 4.68. The van der Waals surface area contributed by atoms with Crippen LogP contribution >= 0.6 is 0 Å². The first kappa shape index (κ1) is 18.6. The molecule has 3 rings (SSSR count). The highest BCUT2D eigenvalue weighted by molar-refractivity contribution is 5.87. The number of fused-ring (bicyclic) bond motifs is 2. The number of benzene rings is 1. The number of nitrogens with zero attached hydrogens (tertiary/aromatic N) is 1. The third-order valence-electron chi connectivity index (χ3n) is 5.44. The van der Waals surface area contributed by atoms with Crippen LogP contribution in [0, 0.1) is 0 Å². The Morgan fingerprint density at radius 3 is 2.12 bits per heavy atom. The maximum atomic E-state index is 12.2. The number of piperidine rings is 1. The Labute approximate surface area is 154 Å². The zero-order valence-corrected chi connectivity index (χ0v) is 15.9. The van der Waals surface area contributed by atoms with E-state index in [1.807, 2.05) is 0 Å². The topological polar surface area (TPSA) is 57.2 Å². The molecule has 2 aliphatic rings. The van der Waals surface area contributed by atoms with Crippen LogP contribution in [0.25, 0.3) is 6.08 Å². The van der Waals surface area contributed by atoms with Gasteiger partial charge in [-0.25, -0.2) is 4.79 Å². The number of methoxy groups -OCH3 is 3. The average molecular weight is 361 g/mol. The molecule has 0 N–H and O–H groups in total. The number of hydrogen-bond acceptors (Lipinski definition) is 6. The largest absolute Gasteiger partial charge is 0.493 e. The molecule has 2 heterocycles. The van der Waals surface area contributed by atoms with Crippen molar-refractivity contribution in [1.29, 1.82) is 0 Å². The van der Waals surface area contributed by atoms with Gasteiger partial charge in [-0.1, -0.05) is 0 Å². The van der Waals surface area contributed by atoms with E-state index in [2.05, 4.69) is 11.9 Å². The van der Waals surface area contributed by atoms with Gasteiger partial charge in [0.15, 0.2) is 11.5 Å². The van der Waals surface area contributed by atoms with E-state index in [4.69, 9.17) is 18.9 Å². The van der Waals surface area contributed by atoms with E-state index in [9.17, 15) is 4.79 Å². The molecule has 2 aliphatic heterocycles. The summed E-state index contributed by atoms with van der Waals surface area (Å²) in [7, 11) is 6.85. The van der Waals surface area contributed by atoms with Gasteiger partial charge < -0.3 is 23.8 Å². The van der Waals surface area contributed by atoms with Crippen LogP contribution in [0.3, 0.4) is 0 Å². The lowest BCUT2D eigenvalue weighted by Crippen LogP contribution is -2.43. The Balaban J connectivity index is 1.65. The highest BCUT2D eigenvalue weighted by Crippen LogP contribution is 2.38. The number of carbonyl (C=O) groups excluding carboxylic acids is 1. The number of hydrogen-bond donors (Lipinski definition) is 0. The van der Waals surface area contributed by atoms with E-state index in [1.54, 1.807) is 39.5 Å². The molecule has 0 aliphatic carbocycles. The third-order valence-corrected chi connectivity index (χ3v) is 5.44. The predicted octanol–water partition coefficient (Wildman–Crippen LogP) is 2.89. The Bertz CT molecular complexity index is 648. The SMILES string of the molecule is COc1cc(C=CC(=O)OC2CC3CCC(C2)N3C)cc(OC)c1OC. The second-order valence-corrected chi connectivity index (χ2v) is 6.87. The van der Waals surface area contributed by atoms with Gasteiger partial charge in [-0.05, 0) is 43.7 Å². The molecule has 2 fully saturated rings. The van der Waals surface area contributed by atoms with Gasteiger partial charge in [-0.2, -0.15) is 0 Å². The van der Waals surface area contributed by atoms with Crippen molar-refractivity contribution in [2.75, 3.05) is 28.4 Å². The first-order valence-corrected chi connectivity index (χ1v) is 8.96. The fraction of sp³-hybridized carbons (Fsp3) is 0.550. The fourth-order valence-corrected chi connectivity index (χ4v) is 4.02. The summed E-state index contributed by atoms with van der Waals surface area (Å²) < 4.78 is 21.6. The normalized spacial score (nSPS) is 25.3. The van der Waals surface area contributed by atoms with Gasteiger partial charge in [0.1, 0.15) is 6.10 Å². The van der Waals surface area contributed by atoms with Crippen molar-refractivity contribution in [1.82, 2.24) is 4.90 Å². The Kier molecular flexibility index (Phi) is 5.71. The summed E-state index contributed by atoms with van der Waals surface area (Å²) in [4.78, 5) is 14.6. The van der Waals surface area contributed by atoms with E-state index < -0.39 is 0 Å². The molecule has 0 radical (unpaired) electrons. The predicted molar refractivity (Wildman–Crippen MR) is 98.8 cm³/mol.